The molecule has 0 radical (unpaired) electrons. The van der Waals surface area contributed by atoms with Crippen molar-refractivity contribution in [1.82, 2.24) is 0 Å². The Labute approximate surface area is 133 Å². The van der Waals surface area contributed by atoms with Crippen LogP contribution in [0, 0.1) is 0 Å². The molecule has 6 heteroatoms. The lowest BCUT2D eigenvalue weighted by Gasteiger charge is -2.18. The number of halogens is 2. The molecule has 0 aromatic heterocycles. The SMILES string of the molecule is CN(C)c1ccc(N)cc1NC(=O)c1ccc(Cl)cc1Cl. The predicted molar refractivity (Wildman–Crippen MR) is 89.6 cm³/mol. The lowest BCUT2D eigenvalue weighted by atomic mass is 10.2. The van der Waals surface area contributed by atoms with Crippen LogP contribution in [0.5, 0.6) is 0 Å². The highest BCUT2D eigenvalue weighted by Crippen LogP contribution is 2.28. The fourth-order valence-electron chi connectivity index (χ4n) is 1.91. The molecule has 110 valence electrons. The zero-order valence-electron chi connectivity index (χ0n) is 11.7. The Kier molecular flexibility index (Phi) is 4.60. The van der Waals surface area contributed by atoms with E-state index < -0.39 is 0 Å². The molecule has 21 heavy (non-hydrogen) atoms. The highest BCUT2D eigenvalue weighted by atomic mass is 35.5. The summed E-state index contributed by atoms with van der Waals surface area (Å²) in [6.07, 6.45) is 0. The van der Waals surface area contributed by atoms with Crippen molar-refractivity contribution in [3.8, 4) is 0 Å². The van der Waals surface area contributed by atoms with E-state index in [1.807, 2.05) is 25.1 Å². The molecule has 0 saturated carbocycles. The molecule has 0 unspecified atom stereocenters. The van der Waals surface area contributed by atoms with E-state index in [-0.39, 0.29) is 5.91 Å². The third kappa shape index (κ3) is 3.60. The molecule has 0 aliphatic rings. The molecule has 0 aliphatic carbocycles. The van der Waals surface area contributed by atoms with Gasteiger partial charge in [0.1, 0.15) is 0 Å². The first-order chi connectivity index (χ1) is 9.88. The van der Waals surface area contributed by atoms with Crippen molar-refractivity contribution in [2.75, 3.05) is 30.0 Å². The number of nitrogens with zero attached hydrogens (tertiary/aromatic N) is 1. The second-order valence-electron chi connectivity index (χ2n) is 4.75. The Morgan fingerprint density at radius 2 is 1.86 bits per heavy atom. The lowest BCUT2D eigenvalue weighted by molar-refractivity contribution is 0.102. The summed E-state index contributed by atoms with van der Waals surface area (Å²) >= 11 is 11.9. The topological polar surface area (TPSA) is 58.4 Å². The number of benzene rings is 2. The first kappa shape index (κ1) is 15.5. The smallest absolute Gasteiger partial charge is 0.257 e. The first-order valence-electron chi connectivity index (χ1n) is 6.21. The fraction of sp³-hybridized carbons (Fsp3) is 0.133. The molecule has 1 amide bonds. The molecule has 0 spiro atoms. The van der Waals surface area contributed by atoms with Gasteiger partial charge in [-0.25, -0.2) is 0 Å². The second kappa shape index (κ2) is 6.24. The summed E-state index contributed by atoms with van der Waals surface area (Å²) in [5.74, 6) is -0.314. The Bertz CT molecular complexity index is 687. The van der Waals surface area contributed by atoms with Crippen molar-refractivity contribution < 1.29 is 4.79 Å². The van der Waals surface area contributed by atoms with Gasteiger partial charge in [0.2, 0.25) is 0 Å². The highest BCUT2D eigenvalue weighted by molar-refractivity contribution is 6.37. The average molecular weight is 324 g/mol. The largest absolute Gasteiger partial charge is 0.399 e. The summed E-state index contributed by atoms with van der Waals surface area (Å²) in [4.78, 5) is 14.2. The zero-order chi connectivity index (χ0) is 15.6. The molecule has 0 saturated heterocycles. The summed E-state index contributed by atoms with van der Waals surface area (Å²) in [6, 6.07) is 10.1. The molecular formula is C15H15Cl2N3O. The van der Waals surface area contributed by atoms with E-state index in [0.717, 1.165) is 5.69 Å². The van der Waals surface area contributed by atoms with Crippen LogP contribution in [-0.4, -0.2) is 20.0 Å². The van der Waals surface area contributed by atoms with Crippen molar-refractivity contribution in [2.45, 2.75) is 0 Å². The minimum Gasteiger partial charge on any atom is -0.399 e. The first-order valence-corrected chi connectivity index (χ1v) is 6.97. The second-order valence-corrected chi connectivity index (χ2v) is 5.59. The van der Waals surface area contributed by atoms with Gasteiger partial charge in [0.15, 0.2) is 0 Å². The van der Waals surface area contributed by atoms with Gasteiger partial charge in [0.05, 0.1) is 22.0 Å². The van der Waals surface area contributed by atoms with Crippen molar-refractivity contribution in [3.63, 3.8) is 0 Å². The molecular weight excluding hydrogens is 309 g/mol. The Hall–Kier alpha value is -1.91. The maximum Gasteiger partial charge on any atom is 0.257 e. The molecule has 0 fully saturated rings. The summed E-state index contributed by atoms with van der Waals surface area (Å²) < 4.78 is 0. The van der Waals surface area contributed by atoms with Crippen LogP contribution >= 0.6 is 23.2 Å². The Morgan fingerprint density at radius 3 is 2.48 bits per heavy atom. The van der Waals surface area contributed by atoms with Crippen LogP contribution in [0.15, 0.2) is 36.4 Å². The maximum absolute atomic E-state index is 12.3. The average Bonchev–Trinajstić information content (AvgIpc) is 2.37. The summed E-state index contributed by atoms with van der Waals surface area (Å²) in [7, 11) is 3.77. The summed E-state index contributed by atoms with van der Waals surface area (Å²) in [5, 5.41) is 3.60. The number of hydrogen-bond acceptors (Lipinski definition) is 3. The molecule has 0 atom stereocenters. The van der Waals surface area contributed by atoms with Gasteiger partial charge in [-0.2, -0.15) is 0 Å². The maximum atomic E-state index is 12.3. The Morgan fingerprint density at radius 1 is 1.14 bits per heavy atom. The van der Waals surface area contributed by atoms with E-state index >= 15 is 0 Å². The van der Waals surface area contributed by atoms with Crippen molar-refractivity contribution in [2.24, 2.45) is 0 Å². The van der Waals surface area contributed by atoms with Crippen LogP contribution in [0.1, 0.15) is 10.4 Å². The number of carbonyl (C=O) groups excluding carboxylic acids is 1. The number of nitrogens with two attached hydrogens (primary N) is 1. The fourth-order valence-corrected chi connectivity index (χ4v) is 2.40. The predicted octanol–water partition coefficient (Wildman–Crippen LogP) is 3.89. The van der Waals surface area contributed by atoms with Gasteiger partial charge in [0.25, 0.3) is 5.91 Å². The van der Waals surface area contributed by atoms with Crippen LogP contribution in [-0.2, 0) is 0 Å². The number of anilines is 3. The summed E-state index contributed by atoms with van der Waals surface area (Å²) in [5.41, 5.74) is 8.17. The molecule has 4 nitrogen and oxygen atoms in total. The minimum atomic E-state index is -0.314. The van der Waals surface area contributed by atoms with E-state index in [4.69, 9.17) is 28.9 Å². The monoisotopic (exact) mass is 323 g/mol. The van der Waals surface area contributed by atoms with Gasteiger partial charge < -0.3 is 16.0 Å². The third-order valence-electron chi connectivity index (χ3n) is 2.93. The van der Waals surface area contributed by atoms with E-state index in [9.17, 15) is 4.79 Å². The summed E-state index contributed by atoms with van der Waals surface area (Å²) in [6.45, 7) is 0. The number of nitrogens with one attached hydrogen (secondary N) is 1. The molecule has 2 rings (SSSR count). The number of nitrogen functional groups attached to an aromatic ring is 1. The van der Waals surface area contributed by atoms with Crippen LogP contribution in [0.4, 0.5) is 17.1 Å². The van der Waals surface area contributed by atoms with Gasteiger partial charge in [-0.05, 0) is 36.4 Å². The van der Waals surface area contributed by atoms with E-state index in [1.165, 1.54) is 6.07 Å². The van der Waals surface area contributed by atoms with Gasteiger partial charge in [-0.15, -0.1) is 0 Å². The van der Waals surface area contributed by atoms with E-state index in [1.54, 1.807) is 24.3 Å². The van der Waals surface area contributed by atoms with Crippen LogP contribution in [0.2, 0.25) is 10.0 Å². The number of hydrogen-bond donors (Lipinski definition) is 2. The van der Waals surface area contributed by atoms with E-state index in [2.05, 4.69) is 5.32 Å². The van der Waals surface area contributed by atoms with E-state index in [0.29, 0.717) is 27.0 Å². The van der Waals surface area contributed by atoms with Crippen LogP contribution in [0.3, 0.4) is 0 Å². The standard InChI is InChI=1S/C15H15Cl2N3O/c1-20(2)14-6-4-10(18)8-13(14)19-15(21)11-5-3-9(16)7-12(11)17/h3-8H,18H2,1-2H3,(H,19,21). The molecule has 0 heterocycles. The van der Waals surface area contributed by atoms with Gasteiger partial charge in [0, 0.05) is 24.8 Å². The van der Waals surface area contributed by atoms with Crippen molar-refractivity contribution in [3.05, 3.63) is 52.0 Å². The number of amides is 1. The van der Waals surface area contributed by atoms with Gasteiger partial charge >= 0.3 is 0 Å². The quantitative estimate of drug-likeness (QED) is 0.842. The Balaban J connectivity index is 2.33. The number of rotatable bonds is 3. The van der Waals surface area contributed by atoms with Crippen LogP contribution in [0.25, 0.3) is 0 Å². The molecule has 0 aliphatic heterocycles. The molecule has 2 aromatic rings. The van der Waals surface area contributed by atoms with Gasteiger partial charge in [-0.3, -0.25) is 4.79 Å². The lowest BCUT2D eigenvalue weighted by Crippen LogP contribution is -2.17. The van der Waals surface area contributed by atoms with Crippen LogP contribution < -0.4 is 16.0 Å². The third-order valence-corrected chi connectivity index (χ3v) is 3.47. The minimum absolute atomic E-state index is 0.301. The zero-order valence-corrected chi connectivity index (χ0v) is 13.2. The normalized spacial score (nSPS) is 10.3. The number of carbonyl (C=O) groups is 1. The van der Waals surface area contributed by atoms with Gasteiger partial charge in [-0.1, -0.05) is 23.2 Å². The molecule has 3 N–H and O–H groups in total. The van der Waals surface area contributed by atoms with Crippen molar-refractivity contribution >= 4 is 46.2 Å². The molecule has 0 bridgehead atoms. The molecule has 2 aromatic carbocycles. The van der Waals surface area contributed by atoms with Crippen molar-refractivity contribution in [1.29, 1.82) is 0 Å². The highest BCUT2D eigenvalue weighted by Gasteiger charge is 2.14.